The number of hydrogen-bond donors (Lipinski definition) is 2. The van der Waals surface area contributed by atoms with Crippen molar-refractivity contribution in [2.24, 2.45) is 0 Å². The first-order chi connectivity index (χ1) is 8.76. The van der Waals surface area contributed by atoms with Crippen molar-refractivity contribution in [2.75, 3.05) is 29.9 Å². The van der Waals surface area contributed by atoms with Gasteiger partial charge in [-0.15, -0.1) is 0 Å². The summed E-state index contributed by atoms with van der Waals surface area (Å²) in [6.07, 6.45) is 4.18. The van der Waals surface area contributed by atoms with Gasteiger partial charge in [-0.1, -0.05) is 13.8 Å². The van der Waals surface area contributed by atoms with Gasteiger partial charge in [-0.3, -0.25) is 0 Å². The van der Waals surface area contributed by atoms with E-state index in [1.165, 1.54) is 0 Å². The molecule has 0 aromatic carbocycles. The molecule has 5 nitrogen and oxygen atoms in total. The van der Waals surface area contributed by atoms with Gasteiger partial charge in [-0.25, -0.2) is 9.97 Å². The monoisotopic (exact) mass is 250 g/mol. The molecule has 1 aromatic rings. The fraction of sp³-hybridized carbons (Fsp3) is 0.692. The quantitative estimate of drug-likeness (QED) is 0.828. The topological polar surface area (TPSA) is 61.3 Å². The fourth-order valence-corrected chi connectivity index (χ4v) is 2.33. The van der Waals surface area contributed by atoms with Crippen LogP contribution in [0.5, 0.6) is 0 Å². The number of rotatable bonds is 5. The second-order valence-corrected chi connectivity index (χ2v) is 4.69. The Morgan fingerprint density at radius 2 is 2.28 bits per heavy atom. The first-order valence-electron chi connectivity index (χ1n) is 6.77. The summed E-state index contributed by atoms with van der Waals surface area (Å²) in [5, 5.41) is 13.0. The van der Waals surface area contributed by atoms with Gasteiger partial charge >= 0.3 is 0 Å². The number of anilines is 2. The Morgan fingerprint density at radius 3 is 2.89 bits per heavy atom. The molecule has 0 saturated carbocycles. The van der Waals surface area contributed by atoms with Crippen LogP contribution < -0.4 is 10.2 Å². The normalized spacial score (nSPS) is 19.3. The van der Waals surface area contributed by atoms with E-state index in [0.29, 0.717) is 6.54 Å². The standard InChI is InChI=1S/C13H22N4O/c1-3-6-14-12-11(4-2)13(16-9-15-12)17-7-5-10(18)8-17/h9-10,18H,3-8H2,1-2H3,(H,14,15,16). The maximum Gasteiger partial charge on any atom is 0.137 e. The Balaban J connectivity index is 2.23. The summed E-state index contributed by atoms with van der Waals surface area (Å²) in [6, 6.07) is 0. The van der Waals surface area contributed by atoms with Crippen LogP contribution in [0.2, 0.25) is 0 Å². The van der Waals surface area contributed by atoms with Gasteiger partial charge in [0.2, 0.25) is 0 Å². The van der Waals surface area contributed by atoms with Crippen LogP contribution in [0, 0.1) is 0 Å². The zero-order valence-corrected chi connectivity index (χ0v) is 11.2. The molecule has 2 heterocycles. The van der Waals surface area contributed by atoms with Gasteiger partial charge in [-0.2, -0.15) is 0 Å². The van der Waals surface area contributed by atoms with Gasteiger partial charge in [0.25, 0.3) is 0 Å². The molecule has 1 aliphatic rings. The molecule has 2 N–H and O–H groups in total. The minimum absolute atomic E-state index is 0.225. The van der Waals surface area contributed by atoms with Gasteiger partial charge < -0.3 is 15.3 Å². The Hall–Kier alpha value is -1.36. The number of aromatic nitrogens is 2. The minimum atomic E-state index is -0.225. The van der Waals surface area contributed by atoms with E-state index in [0.717, 1.165) is 49.6 Å². The first kappa shape index (κ1) is 13.1. The SMILES string of the molecule is CCCNc1ncnc(N2CCC(O)C2)c1CC. The van der Waals surface area contributed by atoms with E-state index in [-0.39, 0.29) is 6.10 Å². The van der Waals surface area contributed by atoms with Gasteiger partial charge in [0, 0.05) is 25.2 Å². The molecular weight excluding hydrogens is 228 g/mol. The van der Waals surface area contributed by atoms with Crippen molar-refractivity contribution in [2.45, 2.75) is 39.2 Å². The molecule has 1 aliphatic heterocycles. The third-order valence-electron chi connectivity index (χ3n) is 3.28. The van der Waals surface area contributed by atoms with Gasteiger partial charge in [0.1, 0.15) is 18.0 Å². The largest absolute Gasteiger partial charge is 0.391 e. The van der Waals surface area contributed by atoms with Crippen LogP contribution in [0.25, 0.3) is 0 Å². The molecule has 0 bridgehead atoms. The molecule has 1 aromatic heterocycles. The summed E-state index contributed by atoms with van der Waals surface area (Å²) < 4.78 is 0. The predicted octanol–water partition coefficient (Wildman–Crippen LogP) is 1.43. The molecule has 0 aliphatic carbocycles. The molecule has 1 atom stereocenters. The van der Waals surface area contributed by atoms with E-state index in [9.17, 15) is 5.11 Å². The summed E-state index contributed by atoms with van der Waals surface area (Å²) in [7, 11) is 0. The van der Waals surface area contributed by atoms with Crippen molar-refractivity contribution in [3.05, 3.63) is 11.9 Å². The zero-order valence-electron chi connectivity index (χ0n) is 11.2. The van der Waals surface area contributed by atoms with E-state index in [4.69, 9.17) is 0 Å². The second-order valence-electron chi connectivity index (χ2n) is 4.69. The minimum Gasteiger partial charge on any atom is -0.391 e. The Labute approximate surface area is 108 Å². The Bertz CT molecular complexity index is 397. The van der Waals surface area contributed by atoms with Gasteiger partial charge in [-0.05, 0) is 19.3 Å². The third-order valence-corrected chi connectivity index (χ3v) is 3.28. The number of hydrogen-bond acceptors (Lipinski definition) is 5. The number of aliphatic hydroxyl groups excluding tert-OH is 1. The Kier molecular flexibility index (Phi) is 4.36. The predicted molar refractivity (Wildman–Crippen MR) is 73.0 cm³/mol. The molecule has 100 valence electrons. The average molecular weight is 250 g/mol. The average Bonchev–Trinajstić information content (AvgIpc) is 2.82. The summed E-state index contributed by atoms with van der Waals surface area (Å²) >= 11 is 0. The summed E-state index contributed by atoms with van der Waals surface area (Å²) in [6.45, 7) is 6.73. The van der Waals surface area contributed by atoms with Crippen LogP contribution >= 0.6 is 0 Å². The van der Waals surface area contributed by atoms with Gasteiger partial charge in [0.15, 0.2) is 0 Å². The van der Waals surface area contributed by atoms with E-state index >= 15 is 0 Å². The van der Waals surface area contributed by atoms with Crippen LogP contribution in [-0.4, -0.2) is 40.8 Å². The lowest BCUT2D eigenvalue weighted by Crippen LogP contribution is -2.24. The number of nitrogens with zero attached hydrogens (tertiary/aromatic N) is 3. The van der Waals surface area contributed by atoms with Crippen molar-refractivity contribution >= 4 is 11.6 Å². The van der Waals surface area contributed by atoms with E-state index < -0.39 is 0 Å². The lowest BCUT2D eigenvalue weighted by molar-refractivity contribution is 0.198. The van der Waals surface area contributed by atoms with E-state index in [1.54, 1.807) is 6.33 Å². The highest BCUT2D eigenvalue weighted by Gasteiger charge is 2.24. The molecule has 0 amide bonds. The summed E-state index contributed by atoms with van der Waals surface area (Å²) in [5.41, 5.74) is 1.15. The number of β-amino-alcohol motifs (C(OH)–C–C–N with tert-alkyl or cyclic N) is 1. The van der Waals surface area contributed by atoms with Crippen molar-refractivity contribution in [1.82, 2.24) is 9.97 Å². The first-order valence-corrected chi connectivity index (χ1v) is 6.77. The smallest absolute Gasteiger partial charge is 0.137 e. The van der Waals surface area contributed by atoms with Crippen LogP contribution in [0.4, 0.5) is 11.6 Å². The summed E-state index contributed by atoms with van der Waals surface area (Å²) in [5.74, 6) is 1.91. The molecule has 2 rings (SSSR count). The van der Waals surface area contributed by atoms with Crippen LogP contribution in [-0.2, 0) is 6.42 Å². The highest BCUT2D eigenvalue weighted by atomic mass is 16.3. The van der Waals surface area contributed by atoms with Crippen LogP contribution in [0.1, 0.15) is 32.3 Å². The molecule has 1 fully saturated rings. The van der Waals surface area contributed by atoms with Crippen LogP contribution in [0.15, 0.2) is 6.33 Å². The van der Waals surface area contributed by atoms with E-state index in [2.05, 4.69) is 34.0 Å². The third kappa shape index (κ3) is 2.72. The second kappa shape index (κ2) is 6.00. The van der Waals surface area contributed by atoms with Crippen molar-refractivity contribution in [1.29, 1.82) is 0 Å². The number of nitrogens with one attached hydrogen (secondary N) is 1. The maximum atomic E-state index is 9.63. The molecule has 1 saturated heterocycles. The lowest BCUT2D eigenvalue weighted by Gasteiger charge is -2.21. The highest BCUT2D eigenvalue weighted by Crippen LogP contribution is 2.26. The van der Waals surface area contributed by atoms with E-state index in [1.807, 2.05) is 0 Å². The summed E-state index contributed by atoms with van der Waals surface area (Å²) in [4.78, 5) is 10.9. The van der Waals surface area contributed by atoms with Crippen molar-refractivity contribution in [3.8, 4) is 0 Å². The van der Waals surface area contributed by atoms with Gasteiger partial charge in [0.05, 0.1) is 6.10 Å². The lowest BCUT2D eigenvalue weighted by atomic mass is 10.2. The molecule has 0 radical (unpaired) electrons. The fourth-order valence-electron chi connectivity index (χ4n) is 2.33. The number of aliphatic hydroxyl groups is 1. The molecular formula is C13H22N4O. The van der Waals surface area contributed by atoms with Crippen molar-refractivity contribution < 1.29 is 5.11 Å². The molecule has 1 unspecified atom stereocenters. The van der Waals surface area contributed by atoms with Crippen molar-refractivity contribution in [3.63, 3.8) is 0 Å². The van der Waals surface area contributed by atoms with Crippen LogP contribution in [0.3, 0.4) is 0 Å². The molecule has 5 heteroatoms. The zero-order chi connectivity index (χ0) is 13.0. The highest BCUT2D eigenvalue weighted by molar-refractivity contribution is 5.59. The molecule has 0 spiro atoms. The Morgan fingerprint density at radius 1 is 1.44 bits per heavy atom. The molecule has 18 heavy (non-hydrogen) atoms. The maximum absolute atomic E-state index is 9.63.